The molecule has 0 aliphatic rings. The van der Waals surface area contributed by atoms with E-state index in [1.165, 1.54) is 11.1 Å². The van der Waals surface area contributed by atoms with E-state index in [0.717, 1.165) is 34.4 Å². The van der Waals surface area contributed by atoms with E-state index in [1.807, 2.05) is 24.3 Å². The Morgan fingerprint density at radius 1 is 1.15 bits per heavy atom. The number of H-pyrrole nitrogens is 1. The first kappa shape index (κ1) is 13.3. The van der Waals surface area contributed by atoms with Gasteiger partial charge in [0.2, 0.25) is 0 Å². The van der Waals surface area contributed by atoms with Gasteiger partial charge in [0.15, 0.2) is 0 Å². The molecule has 2 N–H and O–H groups in total. The minimum Gasteiger partial charge on any atom is -0.341 e. The van der Waals surface area contributed by atoms with Gasteiger partial charge in [-0.15, -0.1) is 0 Å². The lowest BCUT2D eigenvalue weighted by Gasteiger charge is -2.06. The number of nitrogens with one attached hydrogen (secondary N) is 2. The highest BCUT2D eigenvalue weighted by Crippen LogP contribution is 2.18. The van der Waals surface area contributed by atoms with E-state index in [4.69, 9.17) is 0 Å². The molecule has 0 bridgehead atoms. The van der Waals surface area contributed by atoms with Crippen LogP contribution in [0.3, 0.4) is 0 Å². The number of nitrogens with zero attached hydrogens (tertiary/aromatic N) is 1. The van der Waals surface area contributed by atoms with Gasteiger partial charge in [0.05, 0.1) is 17.6 Å². The van der Waals surface area contributed by atoms with E-state index in [2.05, 4.69) is 56.3 Å². The summed E-state index contributed by atoms with van der Waals surface area (Å²) in [5.41, 5.74) is 4.62. The third kappa shape index (κ3) is 2.92. The monoisotopic (exact) mass is 329 g/mol. The fraction of sp³-hybridized carbons (Fsp3) is 0.188. The molecule has 0 saturated heterocycles. The lowest BCUT2D eigenvalue weighted by atomic mass is 10.1. The lowest BCUT2D eigenvalue weighted by Crippen LogP contribution is -2.14. The first-order valence-corrected chi connectivity index (χ1v) is 7.41. The molecular weight excluding hydrogens is 314 g/mol. The summed E-state index contributed by atoms with van der Waals surface area (Å²) in [5.74, 6) is 0.967. The number of hydrogen-bond acceptors (Lipinski definition) is 2. The SMILES string of the molecule is Cc1ccc(CNCc2nc3ccccc3[nH]2)c(Br)c1. The molecule has 0 aliphatic carbocycles. The lowest BCUT2D eigenvalue weighted by molar-refractivity contribution is 0.669. The van der Waals surface area contributed by atoms with Gasteiger partial charge in [0.1, 0.15) is 5.82 Å². The Bertz CT molecular complexity index is 700. The summed E-state index contributed by atoms with van der Waals surface area (Å²) in [6, 6.07) is 14.5. The molecule has 1 heterocycles. The van der Waals surface area contributed by atoms with Crippen molar-refractivity contribution >= 4 is 27.0 Å². The number of imidazole rings is 1. The first-order valence-electron chi connectivity index (χ1n) is 6.62. The van der Waals surface area contributed by atoms with Crippen LogP contribution in [-0.4, -0.2) is 9.97 Å². The van der Waals surface area contributed by atoms with E-state index < -0.39 is 0 Å². The van der Waals surface area contributed by atoms with E-state index in [1.54, 1.807) is 0 Å². The Morgan fingerprint density at radius 3 is 2.80 bits per heavy atom. The van der Waals surface area contributed by atoms with Crippen LogP contribution in [0.2, 0.25) is 0 Å². The zero-order valence-corrected chi connectivity index (χ0v) is 12.9. The van der Waals surface area contributed by atoms with Crippen LogP contribution >= 0.6 is 15.9 Å². The van der Waals surface area contributed by atoms with Gasteiger partial charge < -0.3 is 10.3 Å². The summed E-state index contributed by atoms with van der Waals surface area (Å²) in [6.07, 6.45) is 0. The number of benzene rings is 2. The Hall–Kier alpha value is -1.65. The van der Waals surface area contributed by atoms with E-state index in [-0.39, 0.29) is 0 Å². The predicted octanol–water partition coefficient (Wildman–Crippen LogP) is 3.92. The number of hydrogen-bond donors (Lipinski definition) is 2. The van der Waals surface area contributed by atoms with Crippen molar-refractivity contribution in [2.24, 2.45) is 0 Å². The van der Waals surface area contributed by atoms with Crippen LogP contribution in [0.25, 0.3) is 11.0 Å². The second kappa shape index (κ2) is 5.77. The Morgan fingerprint density at radius 2 is 2.00 bits per heavy atom. The molecule has 20 heavy (non-hydrogen) atoms. The molecule has 0 atom stereocenters. The molecule has 0 fully saturated rings. The molecule has 3 nitrogen and oxygen atoms in total. The number of aromatic amines is 1. The van der Waals surface area contributed by atoms with Gasteiger partial charge in [0.25, 0.3) is 0 Å². The zero-order valence-electron chi connectivity index (χ0n) is 11.3. The summed E-state index contributed by atoms with van der Waals surface area (Å²) in [7, 11) is 0. The molecule has 0 unspecified atom stereocenters. The summed E-state index contributed by atoms with van der Waals surface area (Å²) in [4.78, 5) is 7.87. The fourth-order valence-electron chi connectivity index (χ4n) is 2.20. The van der Waals surface area contributed by atoms with Gasteiger partial charge in [0, 0.05) is 11.0 Å². The smallest absolute Gasteiger partial charge is 0.121 e. The van der Waals surface area contributed by atoms with Gasteiger partial charge in [-0.2, -0.15) is 0 Å². The standard InChI is InChI=1S/C16H16BrN3/c1-11-6-7-12(13(17)8-11)9-18-10-16-19-14-4-2-3-5-15(14)20-16/h2-8,18H,9-10H2,1H3,(H,19,20). The number of rotatable bonds is 4. The quantitative estimate of drug-likeness (QED) is 0.761. The summed E-state index contributed by atoms with van der Waals surface area (Å²) in [6.45, 7) is 3.64. The number of aryl methyl sites for hydroxylation is 1. The van der Waals surface area contributed by atoms with E-state index in [0.29, 0.717) is 0 Å². The van der Waals surface area contributed by atoms with E-state index in [9.17, 15) is 0 Å². The molecule has 0 radical (unpaired) electrons. The number of fused-ring (bicyclic) bond motifs is 1. The van der Waals surface area contributed by atoms with Crippen LogP contribution in [-0.2, 0) is 13.1 Å². The first-order chi connectivity index (χ1) is 9.72. The molecule has 3 rings (SSSR count). The molecule has 3 aromatic rings. The molecule has 0 aliphatic heterocycles. The largest absolute Gasteiger partial charge is 0.341 e. The second-order valence-corrected chi connectivity index (χ2v) is 5.75. The maximum atomic E-state index is 4.55. The van der Waals surface area contributed by atoms with Gasteiger partial charge >= 0.3 is 0 Å². The van der Waals surface area contributed by atoms with Crippen molar-refractivity contribution in [3.05, 3.63) is 63.9 Å². The maximum absolute atomic E-state index is 4.55. The van der Waals surface area contributed by atoms with Gasteiger partial charge in [-0.1, -0.05) is 40.2 Å². The predicted molar refractivity (Wildman–Crippen MR) is 85.5 cm³/mol. The van der Waals surface area contributed by atoms with Crippen molar-refractivity contribution in [2.75, 3.05) is 0 Å². The van der Waals surface area contributed by atoms with Crippen LogP contribution < -0.4 is 5.32 Å². The van der Waals surface area contributed by atoms with Crippen molar-refractivity contribution in [1.29, 1.82) is 0 Å². The molecule has 4 heteroatoms. The molecule has 0 spiro atoms. The second-order valence-electron chi connectivity index (χ2n) is 4.90. The van der Waals surface area contributed by atoms with Crippen molar-refractivity contribution in [3.63, 3.8) is 0 Å². The average molecular weight is 330 g/mol. The molecule has 102 valence electrons. The Kier molecular flexibility index (Phi) is 3.85. The highest BCUT2D eigenvalue weighted by molar-refractivity contribution is 9.10. The van der Waals surface area contributed by atoms with Crippen molar-refractivity contribution < 1.29 is 0 Å². The Balaban J connectivity index is 1.64. The topological polar surface area (TPSA) is 40.7 Å². The third-order valence-corrected chi connectivity index (χ3v) is 3.99. The molecule has 1 aromatic heterocycles. The minimum absolute atomic E-state index is 0.731. The number of halogens is 1. The van der Waals surface area contributed by atoms with Gasteiger partial charge in [-0.05, 0) is 36.2 Å². The minimum atomic E-state index is 0.731. The van der Waals surface area contributed by atoms with Crippen LogP contribution in [0, 0.1) is 6.92 Å². The average Bonchev–Trinajstić information content (AvgIpc) is 2.84. The number of para-hydroxylation sites is 2. The number of aromatic nitrogens is 2. The highest BCUT2D eigenvalue weighted by Gasteiger charge is 2.03. The summed E-state index contributed by atoms with van der Waals surface area (Å²) in [5, 5.41) is 3.42. The van der Waals surface area contributed by atoms with Gasteiger partial charge in [-0.3, -0.25) is 0 Å². The molecule has 0 saturated carbocycles. The van der Waals surface area contributed by atoms with Crippen molar-refractivity contribution in [1.82, 2.24) is 15.3 Å². The summed E-state index contributed by atoms with van der Waals surface area (Å²) >= 11 is 3.60. The van der Waals surface area contributed by atoms with Gasteiger partial charge in [-0.25, -0.2) is 4.98 Å². The van der Waals surface area contributed by atoms with Crippen molar-refractivity contribution in [3.8, 4) is 0 Å². The Labute approximate surface area is 126 Å². The molecule has 2 aromatic carbocycles. The highest BCUT2D eigenvalue weighted by atomic mass is 79.9. The van der Waals surface area contributed by atoms with Crippen molar-refractivity contribution in [2.45, 2.75) is 20.0 Å². The van der Waals surface area contributed by atoms with Crippen LogP contribution in [0.5, 0.6) is 0 Å². The summed E-state index contributed by atoms with van der Waals surface area (Å²) < 4.78 is 1.15. The van der Waals surface area contributed by atoms with E-state index >= 15 is 0 Å². The fourth-order valence-corrected chi connectivity index (χ4v) is 2.83. The van der Waals surface area contributed by atoms with Crippen LogP contribution in [0.4, 0.5) is 0 Å². The normalized spacial score (nSPS) is 11.1. The van der Waals surface area contributed by atoms with Crippen LogP contribution in [0.15, 0.2) is 46.9 Å². The maximum Gasteiger partial charge on any atom is 0.121 e. The zero-order chi connectivity index (χ0) is 13.9. The molecule has 0 amide bonds. The molecular formula is C16H16BrN3. The third-order valence-electron chi connectivity index (χ3n) is 3.25. The van der Waals surface area contributed by atoms with Crippen LogP contribution in [0.1, 0.15) is 17.0 Å².